The molecule has 2 N–H and O–H groups in total. The van der Waals surface area contributed by atoms with Crippen LogP contribution >= 0.6 is 0 Å². The lowest BCUT2D eigenvalue weighted by Crippen LogP contribution is -2.16. The molecule has 160 valence electrons. The van der Waals surface area contributed by atoms with Gasteiger partial charge in [0.2, 0.25) is 11.8 Å². The molecule has 0 spiro atoms. The molecule has 4 aromatic rings. The first kappa shape index (κ1) is 21.0. The second-order valence-corrected chi connectivity index (χ2v) is 8.32. The van der Waals surface area contributed by atoms with Crippen LogP contribution in [-0.4, -0.2) is 29.5 Å². The number of para-hydroxylation sites is 1. The third-order valence-electron chi connectivity index (χ3n) is 4.35. The van der Waals surface area contributed by atoms with Gasteiger partial charge < -0.3 is 9.84 Å². The number of anilines is 1. The minimum absolute atomic E-state index is 0.141. The van der Waals surface area contributed by atoms with Gasteiger partial charge in [-0.1, -0.05) is 54.6 Å². The Bertz CT molecular complexity index is 1360. The van der Waals surface area contributed by atoms with E-state index in [1.807, 2.05) is 36.4 Å². The molecule has 0 unspecified atom stereocenters. The third-order valence-corrected chi connectivity index (χ3v) is 5.68. The Morgan fingerprint density at radius 2 is 1.53 bits per heavy atom. The van der Waals surface area contributed by atoms with E-state index in [0.717, 1.165) is 11.6 Å². The zero-order valence-corrected chi connectivity index (χ0v) is 17.4. The summed E-state index contributed by atoms with van der Waals surface area (Å²) in [6.07, 6.45) is 0. The van der Waals surface area contributed by atoms with Crippen molar-refractivity contribution in [2.75, 3.05) is 4.72 Å². The molecule has 9 heteroatoms. The van der Waals surface area contributed by atoms with Gasteiger partial charge in [-0.15, -0.1) is 0 Å². The number of carbonyl (C=O) groups is 1. The second kappa shape index (κ2) is 8.86. The van der Waals surface area contributed by atoms with Gasteiger partial charge in [-0.05, 0) is 30.3 Å². The van der Waals surface area contributed by atoms with E-state index in [-0.39, 0.29) is 22.3 Å². The van der Waals surface area contributed by atoms with Crippen LogP contribution in [0.25, 0.3) is 11.3 Å². The molecule has 1 aromatic heterocycles. The van der Waals surface area contributed by atoms with Crippen LogP contribution in [0.4, 0.5) is 5.95 Å². The number of sulfonamides is 1. The first-order valence-corrected chi connectivity index (χ1v) is 10.9. The highest BCUT2D eigenvalue weighted by Crippen LogP contribution is 2.27. The number of rotatable bonds is 7. The van der Waals surface area contributed by atoms with E-state index in [1.54, 1.807) is 30.3 Å². The Labute approximate surface area is 184 Å². The summed E-state index contributed by atoms with van der Waals surface area (Å²) in [5, 5.41) is 9.15. The van der Waals surface area contributed by atoms with Crippen LogP contribution in [0.1, 0.15) is 10.4 Å². The van der Waals surface area contributed by atoms with E-state index in [4.69, 9.17) is 9.84 Å². The van der Waals surface area contributed by atoms with Crippen LogP contribution in [0.15, 0.2) is 95.9 Å². The lowest BCUT2D eigenvalue weighted by Gasteiger charge is -2.11. The van der Waals surface area contributed by atoms with E-state index in [0.29, 0.717) is 11.4 Å². The molecule has 0 saturated heterocycles. The smallest absolute Gasteiger partial charge is 0.335 e. The number of carboxylic acid groups (broad SMARTS) is 1. The maximum absolute atomic E-state index is 12.9. The number of nitrogens with zero attached hydrogens (tertiary/aromatic N) is 2. The molecule has 0 fully saturated rings. The maximum Gasteiger partial charge on any atom is 0.335 e. The van der Waals surface area contributed by atoms with Gasteiger partial charge in [-0.2, -0.15) is 4.98 Å². The Morgan fingerprint density at radius 3 is 2.22 bits per heavy atom. The summed E-state index contributed by atoms with van der Waals surface area (Å²) in [5.41, 5.74) is 1.03. The van der Waals surface area contributed by atoms with Crippen LogP contribution in [0.3, 0.4) is 0 Å². The fraction of sp³-hybridized carbons (Fsp3) is 0. The number of carboxylic acids is 1. The van der Waals surface area contributed by atoms with Crippen molar-refractivity contribution in [2.45, 2.75) is 4.90 Å². The summed E-state index contributed by atoms with van der Waals surface area (Å²) in [5.74, 6) is -0.781. The standard InChI is InChI=1S/C23H17N3O5S/c27-22(28)17-10-7-13-19(14-17)32(29,30)26-23-24-20(16-8-3-1-4-9-16)15-21(25-23)31-18-11-5-2-6-12-18/h1-15H,(H,27,28)(H,24,25,26). The van der Waals surface area contributed by atoms with Crippen LogP contribution in [0.2, 0.25) is 0 Å². The molecule has 32 heavy (non-hydrogen) atoms. The zero-order valence-electron chi connectivity index (χ0n) is 16.5. The van der Waals surface area contributed by atoms with Crippen molar-refractivity contribution in [1.82, 2.24) is 9.97 Å². The highest BCUT2D eigenvalue weighted by molar-refractivity contribution is 7.92. The SMILES string of the molecule is O=C(O)c1cccc(S(=O)(=O)Nc2nc(Oc3ccccc3)cc(-c3ccccc3)n2)c1. The summed E-state index contributed by atoms with van der Waals surface area (Å²) in [6, 6.07) is 24.7. The minimum Gasteiger partial charge on any atom is -0.478 e. The average Bonchev–Trinajstić information content (AvgIpc) is 2.80. The Morgan fingerprint density at radius 1 is 0.844 bits per heavy atom. The number of hydrogen-bond acceptors (Lipinski definition) is 6. The van der Waals surface area contributed by atoms with Gasteiger partial charge in [0, 0.05) is 11.6 Å². The molecule has 0 bridgehead atoms. The quantitative estimate of drug-likeness (QED) is 0.430. The number of benzene rings is 3. The topological polar surface area (TPSA) is 118 Å². The predicted molar refractivity (Wildman–Crippen MR) is 118 cm³/mol. The zero-order chi connectivity index (χ0) is 22.6. The van der Waals surface area contributed by atoms with E-state index in [1.165, 1.54) is 18.2 Å². The van der Waals surface area contributed by atoms with Crippen molar-refractivity contribution in [3.63, 3.8) is 0 Å². The molecule has 0 amide bonds. The molecule has 0 aliphatic rings. The lowest BCUT2D eigenvalue weighted by atomic mass is 10.1. The molecule has 3 aromatic carbocycles. The number of hydrogen-bond donors (Lipinski definition) is 2. The van der Waals surface area contributed by atoms with Gasteiger partial charge in [-0.25, -0.2) is 22.9 Å². The van der Waals surface area contributed by atoms with Crippen molar-refractivity contribution in [1.29, 1.82) is 0 Å². The fourth-order valence-electron chi connectivity index (χ4n) is 2.86. The minimum atomic E-state index is -4.15. The molecule has 0 aliphatic heterocycles. The number of nitrogens with one attached hydrogen (secondary N) is 1. The number of aromatic nitrogens is 2. The van der Waals surface area contributed by atoms with E-state index in [2.05, 4.69) is 14.7 Å². The van der Waals surface area contributed by atoms with E-state index in [9.17, 15) is 13.2 Å². The van der Waals surface area contributed by atoms with Crippen molar-refractivity contribution < 1.29 is 23.1 Å². The lowest BCUT2D eigenvalue weighted by molar-refractivity contribution is 0.0696. The van der Waals surface area contributed by atoms with Crippen molar-refractivity contribution in [3.05, 3.63) is 96.6 Å². The van der Waals surface area contributed by atoms with Crippen LogP contribution in [0, 0.1) is 0 Å². The van der Waals surface area contributed by atoms with Gasteiger partial charge >= 0.3 is 5.97 Å². The van der Waals surface area contributed by atoms with E-state index < -0.39 is 16.0 Å². The van der Waals surface area contributed by atoms with Crippen molar-refractivity contribution in [2.24, 2.45) is 0 Å². The largest absolute Gasteiger partial charge is 0.478 e. The first-order valence-electron chi connectivity index (χ1n) is 9.44. The first-order chi connectivity index (χ1) is 15.4. The number of ether oxygens (including phenoxy) is 1. The van der Waals surface area contributed by atoms with Gasteiger partial charge in [-0.3, -0.25) is 0 Å². The average molecular weight is 447 g/mol. The second-order valence-electron chi connectivity index (χ2n) is 6.63. The maximum atomic E-state index is 12.9. The Balaban J connectivity index is 1.73. The predicted octanol–water partition coefficient (Wildman–Crippen LogP) is 4.43. The summed E-state index contributed by atoms with van der Waals surface area (Å²) in [6.45, 7) is 0. The normalized spacial score (nSPS) is 11.0. The molecule has 0 radical (unpaired) electrons. The van der Waals surface area contributed by atoms with E-state index >= 15 is 0 Å². The van der Waals surface area contributed by atoms with Crippen LogP contribution in [0.5, 0.6) is 11.6 Å². The fourth-order valence-corrected chi connectivity index (χ4v) is 3.85. The monoisotopic (exact) mass is 447 g/mol. The highest BCUT2D eigenvalue weighted by Gasteiger charge is 2.19. The summed E-state index contributed by atoms with van der Waals surface area (Å²) in [7, 11) is -4.15. The van der Waals surface area contributed by atoms with Gasteiger partial charge in [0.25, 0.3) is 10.0 Å². The van der Waals surface area contributed by atoms with Gasteiger partial charge in [0.1, 0.15) is 5.75 Å². The molecule has 1 heterocycles. The van der Waals surface area contributed by atoms with Gasteiger partial charge in [0.05, 0.1) is 16.2 Å². The molecule has 0 atom stereocenters. The molecule has 8 nitrogen and oxygen atoms in total. The number of aromatic carboxylic acids is 1. The third kappa shape index (κ3) is 4.90. The molecule has 4 rings (SSSR count). The Hall–Kier alpha value is -4.24. The van der Waals surface area contributed by atoms with Crippen molar-refractivity contribution >= 4 is 21.9 Å². The molecule has 0 saturated carbocycles. The summed E-state index contributed by atoms with van der Waals surface area (Å²) in [4.78, 5) is 19.5. The van der Waals surface area contributed by atoms with Crippen LogP contribution in [-0.2, 0) is 10.0 Å². The summed E-state index contributed by atoms with van der Waals surface area (Å²) < 4.78 is 33.8. The summed E-state index contributed by atoms with van der Waals surface area (Å²) >= 11 is 0. The van der Waals surface area contributed by atoms with Crippen molar-refractivity contribution in [3.8, 4) is 22.9 Å². The highest BCUT2D eigenvalue weighted by atomic mass is 32.2. The Kier molecular flexibility index (Phi) is 5.82. The molecular formula is C23H17N3O5S. The van der Waals surface area contributed by atoms with Gasteiger partial charge in [0.15, 0.2) is 0 Å². The molecular weight excluding hydrogens is 430 g/mol. The van der Waals surface area contributed by atoms with Crippen LogP contribution < -0.4 is 9.46 Å². The molecule has 0 aliphatic carbocycles.